The highest BCUT2D eigenvalue weighted by atomic mass is 79.9. The Morgan fingerprint density at radius 3 is 1.96 bits per heavy atom. The van der Waals surface area contributed by atoms with Crippen molar-refractivity contribution in [3.05, 3.63) is 88.9 Å². The molecule has 0 atom stereocenters. The van der Waals surface area contributed by atoms with Crippen LogP contribution in [0.2, 0.25) is 0 Å². The third-order valence-corrected chi connectivity index (χ3v) is 3.73. The van der Waals surface area contributed by atoms with Crippen molar-refractivity contribution >= 4 is 27.5 Å². The van der Waals surface area contributed by atoms with Crippen molar-refractivity contribution in [1.29, 1.82) is 0 Å². The van der Waals surface area contributed by atoms with Crippen LogP contribution in [0.3, 0.4) is 0 Å². The number of halogens is 1. The third-order valence-electron chi connectivity index (χ3n) is 3.20. The monoisotopic (exact) mass is 367 g/mol. The predicted octanol–water partition coefficient (Wildman–Crippen LogP) is 5.49. The average Bonchev–Trinajstić information content (AvgIpc) is 2.59. The maximum absolute atomic E-state index is 12.1. The second-order valence-electron chi connectivity index (χ2n) is 4.90. The largest absolute Gasteiger partial charge is 0.457 e. The van der Waals surface area contributed by atoms with E-state index in [1.807, 2.05) is 66.7 Å². The van der Waals surface area contributed by atoms with Crippen LogP contribution in [0.15, 0.2) is 83.3 Å². The van der Waals surface area contributed by atoms with Gasteiger partial charge in [-0.15, -0.1) is 0 Å². The molecule has 0 radical (unpaired) electrons. The fraction of sp³-hybridized carbons (Fsp3) is 0. The second kappa shape index (κ2) is 7.11. The molecule has 0 aromatic heterocycles. The highest BCUT2D eigenvalue weighted by Gasteiger charge is 2.05. The van der Waals surface area contributed by atoms with Gasteiger partial charge in [-0.2, -0.15) is 0 Å². The van der Waals surface area contributed by atoms with Crippen molar-refractivity contribution in [2.24, 2.45) is 0 Å². The number of benzene rings is 3. The number of nitrogens with one attached hydrogen (secondary N) is 1. The van der Waals surface area contributed by atoms with Gasteiger partial charge in [0.2, 0.25) is 0 Å². The Balaban J connectivity index is 1.65. The van der Waals surface area contributed by atoms with Crippen LogP contribution in [0, 0.1) is 0 Å². The minimum atomic E-state index is -0.132. The highest BCUT2D eigenvalue weighted by molar-refractivity contribution is 9.10. The summed E-state index contributed by atoms with van der Waals surface area (Å²) in [6.45, 7) is 0. The van der Waals surface area contributed by atoms with Crippen molar-refractivity contribution in [1.82, 2.24) is 0 Å². The predicted molar refractivity (Wildman–Crippen MR) is 95.1 cm³/mol. The molecule has 0 aliphatic heterocycles. The maximum Gasteiger partial charge on any atom is 0.255 e. The first-order chi connectivity index (χ1) is 11.2. The molecule has 0 unspecified atom stereocenters. The van der Waals surface area contributed by atoms with Crippen LogP contribution in [0.4, 0.5) is 5.69 Å². The van der Waals surface area contributed by atoms with Gasteiger partial charge in [0.05, 0.1) is 0 Å². The number of carbonyl (C=O) groups is 1. The van der Waals surface area contributed by atoms with Crippen LogP contribution < -0.4 is 10.1 Å². The molecule has 0 fully saturated rings. The Morgan fingerprint density at radius 2 is 1.35 bits per heavy atom. The Kier molecular flexibility index (Phi) is 4.74. The molecule has 0 heterocycles. The molecule has 0 saturated heterocycles. The lowest BCUT2D eigenvalue weighted by molar-refractivity contribution is 0.102. The van der Waals surface area contributed by atoms with Gasteiger partial charge in [-0.1, -0.05) is 34.1 Å². The van der Waals surface area contributed by atoms with Crippen LogP contribution in [0.5, 0.6) is 11.5 Å². The van der Waals surface area contributed by atoms with Gasteiger partial charge in [0, 0.05) is 15.7 Å². The molecular formula is C19H14BrNO2. The summed E-state index contributed by atoms with van der Waals surface area (Å²) >= 11 is 3.39. The van der Waals surface area contributed by atoms with Gasteiger partial charge in [0.15, 0.2) is 0 Å². The molecule has 23 heavy (non-hydrogen) atoms. The number of anilines is 1. The van der Waals surface area contributed by atoms with Crippen LogP contribution in [0.25, 0.3) is 0 Å². The smallest absolute Gasteiger partial charge is 0.255 e. The Morgan fingerprint density at radius 1 is 0.783 bits per heavy atom. The molecule has 3 aromatic rings. The Bertz CT molecular complexity index is 784. The van der Waals surface area contributed by atoms with E-state index in [1.165, 1.54) is 0 Å². The van der Waals surface area contributed by atoms with Gasteiger partial charge in [-0.25, -0.2) is 0 Å². The zero-order valence-electron chi connectivity index (χ0n) is 12.2. The molecule has 0 spiro atoms. The first-order valence-corrected chi connectivity index (χ1v) is 7.90. The summed E-state index contributed by atoms with van der Waals surface area (Å²) < 4.78 is 6.75. The van der Waals surface area contributed by atoms with E-state index >= 15 is 0 Å². The second-order valence-corrected chi connectivity index (χ2v) is 5.82. The third kappa shape index (κ3) is 4.20. The molecular weight excluding hydrogens is 354 g/mol. The molecule has 3 rings (SSSR count). The first-order valence-electron chi connectivity index (χ1n) is 7.10. The number of amides is 1. The van der Waals surface area contributed by atoms with Gasteiger partial charge in [-0.05, 0) is 60.7 Å². The zero-order valence-corrected chi connectivity index (χ0v) is 13.8. The van der Waals surface area contributed by atoms with Crippen LogP contribution in [-0.4, -0.2) is 5.91 Å². The number of hydrogen-bond donors (Lipinski definition) is 1. The Hall–Kier alpha value is -2.59. The van der Waals surface area contributed by atoms with Gasteiger partial charge in [0.25, 0.3) is 5.91 Å². The molecule has 0 bridgehead atoms. The minimum Gasteiger partial charge on any atom is -0.457 e. The SMILES string of the molecule is O=C(Nc1ccc(Oc2ccc(Br)cc2)cc1)c1ccccc1. The summed E-state index contributed by atoms with van der Waals surface area (Å²) in [4.78, 5) is 12.1. The minimum absolute atomic E-state index is 0.132. The van der Waals surface area contributed by atoms with Gasteiger partial charge >= 0.3 is 0 Å². The summed E-state index contributed by atoms with van der Waals surface area (Å²) in [5.41, 5.74) is 1.35. The molecule has 0 aliphatic carbocycles. The van der Waals surface area contributed by atoms with Gasteiger partial charge in [-0.3, -0.25) is 4.79 Å². The quantitative estimate of drug-likeness (QED) is 0.661. The normalized spacial score (nSPS) is 10.1. The van der Waals surface area contributed by atoms with Crippen LogP contribution in [-0.2, 0) is 0 Å². The van der Waals surface area contributed by atoms with Crippen molar-refractivity contribution in [2.45, 2.75) is 0 Å². The van der Waals surface area contributed by atoms with Crippen molar-refractivity contribution < 1.29 is 9.53 Å². The van der Waals surface area contributed by atoms with Crippen LogP contribution >= 0.6 is 15.9 Å². The lowest BCUT2D eigenvalue weighted by Crippen LogP contribution is -2.11. The van der Waals surface area contributed by atoms with E-state index < -0.39 is 0 Å². The van der Waals surface area contributed by atoms with E-state index in [4.69, 9.17) is 4.74 Å². The molecule has 1 amide bonds. The number of hydrogen-bond acceptors (Lipinski definition) is 2. The molecule has 3 nitrogen and oxygen atoms in total. The number of carbonyl (C=O) groups excluding carboxylic acids is 1. The van der Waals surface area contributed by atoms with Crippen molar-refractivity contribution in [3.63, 3.8) is 0 Å². The first kappa shape index (κ1) is 15.3. The summed E-state index contributed by atoms with van der Waals surface area (Å²) in [5, 5.41) is 2.86. The molecule has 3 aromatic carbocycles. The summed E-state index contributed by atoms with van der Waals surface area (Å²) in [6, 6.07) is 24.0. The number of ether oxygens (including phenoxy) is 1. The summed E-state index contributed by atoms with van der Waals surface area (Å²) in [7, 11) is 0. The van der Waals surface area contributed by atoms with Crippen molar-refractivity contribution in [2.75, 3.05) is 5.32 Å². The van der Waals surface area contributed by atoms with E-state index in [2.05, 4.69) is 21.2 Å². The topological polar surface area (TPSA) is 38.3 Å². The van der Waals surface area contributed by atoms with E-state index in [9.17, 15) is 4.79 Å². The van der Waals surface area contributed by atoms with E-state index in [-0.39, 0.29) is 5.91 Å². The lowest BCUT2D eigenvalue weighted by Gasteiger charge is -2.08. The fourth-order valence-electron chi connectivity index (χ4n) is 2.04. The average molecular weight is 368 g/mol. The molecule has 0 aliphatic rings. The van der Waals surface area contributed by atoms with Gasteiger partial charge < -0.3 is 10.1 Å². The fourth-order valence-corrected chi connectivity index (χ4v) is 2.30. The summed E-state index contributed by atoms with van der Waals surface area (Å²) in [5.74, 6) is 1.34. The Labute approximate surface area is 143 Å². The molecule has 1 N–H and O–H groups in total. The summed E-state index contributed by atoms with van der Waals surface area (Å²) in [6.07, 6.45) is 0. The van der Waals surface area contributed by atoms with Crippen molar-refractivity contribution in [3.8, 4) is 11.5 Å². The lowest BCUT2D eigenvalue weighted by atomic mass is 10.2. The maximum atomic E-state index is 12.1. The van der Waals surface area contributed by atoms with E-state index in [0.717, 1.165) is 15.9 Å². The van der Waals surface area contributed by atoms with E-state index in [1.54, 1.807) is 12.1 Å². The zero-order chi connectivity index (χ0) is 16.1. The van der Waals surface area contributed by atoms with E-state index in [0.29, 0.717) is 11.3 Å². The highest BCUT2D eigenvalue weighted by Crippen LogP contribution is 2.24. The van der Waals surface area contributed by atoms with Crippen LogP contribution in [0.1, 0.15) is 10.4 Å². The molecule has 0 saturated carbocycles. The number of rotatable bonds is 4. The standard InChI is InChI=1S/C19H14BrNO2/c20-15-6-10-17(11-7-15)23-18-12-8-16(9-13-18)21-19(22)14-4-2-1-3-5-14/h1-13H,(H,21,22). The molecule has 4 heteroatoms. The molecule has 114 valence electrons. The van der Waals surface area contributed by atoms with Gasteiger partial charge in [0.1, 0.15) is 11.5 Å².